The number of aryl methyl sites for hydroxylation is 1. The molecule has 0 atom stereocenters. The number of anilines is 1. The van der Waals surface area contributed by atoms with E-state index < -0.39 is 0 Å². The highest BCUT2D eigenvalue weighted by Gasteiger charge is 2.13. The summed E-state index contributed by atoms with van der Waals surface area (Å²) < 4.78 is 1.73. The van der Waals surface area contributed by atoms with Gasteiger partial charge in [0, 0.05) is 24.7 Å². The Bertz CT molecular complexity index is 612. The monoisotopic (exact) mass is 275 g/mol. The summed E-state index contributed by atoms with van der Waals surface area (Å²) in [6.45, 7) is 8.40. The van der Waals surface area contributed by atoms with Gasteiger partial charge in [-0.2, -0.15) is 4.98 Å². The van der Waals surface area contributed by atoms with Gasteiger partial charge in [0.1, 0.15) is 0 Å². The molecular weight excluding hydrogens is 254 g/mol. The van der Waals surface area contributed by atoms with Crippen molar-refractivity contribution in [2.45, 2.75) is 39.7 Å². The van der Waals surface area contributed by atoms with Gasteiger partial charge in [0.05, 0.1) is 0 Å². The SMILES string of the molecule is Cc1ccc2nc(NCCC(=O)NC(C)(C)C)nn2c1. The van der Waals surface area contributed by atoms with Crippen LogP contribution in [0, 0.1) is 6.92 Å². The van der Waals surface area contributed by atoms with Gasteiger partial charge in [-0.25, -0.2) is 4.52 Å². The molecule has 0 aromatic carbocycles. The fourth-order valence-electron chi connectivity index (χ4n) is 1.83. The zero-order chi connectivity index (χ0) is 14.8. The van der Waals surface area contributed by atoms with Gasteiger partial charge in [-0.05, 0) is 39.3 Å². The molecule has 0 aliphatic carbocycles. The molecule has 2 rings (SSSR count). The second-order valence-electron chi connectivity index (χ2n) is 5.92. The summed E-state index contributed by atoms with van der Waals surface area (Å²) in [6.07, 6.45) is 2.31. The molecule has 0 fully saturated rings. The molecule has 2 aromatic heterocycles. The quantitative estimate of drug-likeness (QED) is 0.892. The van der Waals surface area contributed by atoms with Gasteiger partial charge in [-0.3, -0.25) is 4.79 Å². The first-order valence-electron chi connectivity index (χ1n) is 6.71. The van der Waals surface area contributed by atoms with E-state index >= 15 is 0 Å². The van der Waals surface area contributed by atoms with Crippen LogP contribution in [-0.4, -0.2) is 32.6 Å². The number of fused-ring (bicyclic) bond motifs is 1. The van der Waals surface area contributed by atoms with E-state index in [0.717, 1.165) is 11.2 Å². The summed E-state index contributed by atoms with van der Waals surface area (Å²) in [4.78, 5) is 16.0. The van der Waals surface area contributed by atoms with Gasteiger partial charge in [-0.15, -0.1) is 5.10 Å². The van der Waals surface area contributed by atoms with Crippen molar-refractivity contribution in [3.8, 4) is 0 Å². The van der Waals surface area contributed by atoms with Crippen LogP contribution >= 0.6 is 0 Å². The summed E-state index contributed by atoms with van der Waals surface area (Å²) in [5.41, 5.74) is 1.71. The standard InChI is InChI=1S/C14H21N5O/c1-10-5-6-11-16-13(18-19(11)9-10)15-8-7-12(20)17-14(2,3)4/h5-6,9H,7-8H2,1-4H3,(H,15,18)(H,17,20). The third-order valence-electron chi connectivity index (χ3n) is 2.63. The van der Waals surface area contributed by atoms with Crippen molar-refractivity contribution in [3.63, 3.8) is 0 Å². The highest BCUT2D eigenvalue weighted by molar-refractivity contribution is 5.77. The van der Waals surface area contributed by atoms with Crippen molar-refractivity contribution >= 4 is 17.5 Å². The summed E-state index contributed by atoms with van der Waals surface area (Å²) in [7, 11) is 0. The van der Waals surface area contributed by atoms with Crippen molar-refractivity contribution in [1.29, 1.82) is 0 Å². The van der Waals surface area contributed by atoms with Gasteiger partial charge in [0.2, 0.25) is 11.9 Å². The van der Waals surface area contributed by atoms with Crippen LogP contribution in [0.4, 0.5) is 5.95 Å². The van der Waals surface area contributed by atoms with Gasteiger partial charge in [0.15, 0.2) is 5.65 Å². The molecule has 0 saturated carbocycles. The number of amides is 1. The molecule has 0 aliphatic rings. The second kappa shape index (κ2) is 5.48. The first-order valence-corrected chi connectivity index (χ1v) is 6.71. The van der Waals surface area contributed by atoms with Crippen molar-refractivity contribution in [1.82, 2.24) is 19.9 Å². The summed E-state index contributed by atoms with van der Waals surface area (Å²) in [5, 5.41) is 10.3. The van der Waals surface area contributed by atoms with Crippen LogP contribution in [-0.2, 0) is 4.79 Å². The molecule has 2 N–H and O–H groups in total. The number of rotatable bonds is 4. The van der Waals surface area contributed by atoms with Crippen LogP contribution in [0.5, 0.6) is 0 Å². The molecule has 20 heavy (non-hydrogen) atoms. The highest BCUT2D eigenvalue weighted by atomic mass is 16.1. The summed E-state index contributed by atoms with van der Waals surface area (Å²) in [5.74, 6) is 0.559. The predicted molar refractivity (Wildman–Crippen MR) is 78.7 cm³/mol. The van der Waals surface area contributed by atoms with Crippen LogP contribution in [0.2, 0.25) is 0 Å². The maximum Gasteiger partial charge on any atom is 0.243 e. The van der Waals surface area contributed by atoms with Gasteiger partial charge in [0.25, 0.3) is 0 Å². The third kappa shape index (κ3) is 3.94. The largest absolute Gasteiger partial charge is 0.352 e. The van der Waals surface area contributed by atoms with Crippen molar-refractivity contribution in [3.05, 3.63) is 23.9 Å². The maximum absolute atomic E-state index is 11.7. The van der Waals surface area contributed by atoms with E-state index in [9.17, 15) is 4.79 Å². The van der Waals surface area contributed by atoms with E-state index in [4.69, 9.17) is 0 Å². The average Bonchev–Trinajstić information content (AvgIpc) is 2.68. The average molecular weight is 275 g/mol. The molecule has 2 aromatic rings. The lowest BCUT2D eigenvalue weighted by Gasteiger charge is -2.20. The van der Waals surface area contributed by atoms with E-state index in [2.05, 4.69) is 20.7 Å². The molecule has 0 radical (unpaired) electrons. The molecule has 0 saturated heterocycles. The molecule has 1 amide bonds. The predicted octanol–water partition coefficient (Wildman–Crippen LogP) is 1.75. The molecule has 0 unspecified atom stereocenters. The number of carbonyl (C=O) groups is 1. The number of nitrogens with one attached hydrogen (secondary N) is 2. The number of aromatic nitrogens is 3. The zero-order valence-corrected chi connectivity index (χ0v) is 12.4. The molecule has 6 nitrogen and oxygen atoms in total. The first-order chi connectivity index (χ1) is 9.33. The number of hydrogen-bond acceptors (Lipinski definition) is 4. The Morgan fingerprint density at radius 2 is 2.10 bits per heavy atom. The zero-order valence-electron chi connectivity index (χ0n) is 12.4. The van der Waals surface area contributed by atoms with Gasteiger partial charge >= 0.3 is 0 Å². The van der Waals surface area contributed by atoms with Crippen LogP contribution < -0.4 is 10.6 Å². The Balaban J connectivity index is 1.88. The third-order valence-corrected chi connectivity index (χ3v) is 2.63. The lowest BCUT2D eigenvalue weighted by atomic mass is 10.1. The molecule has 108 valence electrons. The molecule has 0 aliphatic heterocycles. The minimum Gasteiger partial charge on any atom is -0.352 e. The lowest BCUT2D eigenvalue weighted by Crippen LogP contribution is -2.41. The normalized spacial score (nSPS) is 11.6. The van der Waals surface area contributed by atoms with Crippen LogP contribution in [0.25, 0.3) is 5.65 Å². The number of nitrogens with zero attached hydrogens (tertiary/aromatic N) is 3. The molecular formula is C14H21N5O. The second-order valence-corrected chi connectivity index (χ2v) is 5.92. The lowest BCUT2D eigenvalue weighted by molar-refractivity contribution is -0.122. The first kappa shape index (κ1) is 14.3. The Morgan fingerprint density at radius 1 is 1.35 bits per heavy atom. The Hall–Kier alpha value is -2.11. The van der Waals surface area contributed by atoms with Crippen molar-refractivity contribution in [2.75, 3.05) is 11.9 Å². The number of carbonyl (C=O) groups excluding carboxylic acids is 1. The van der Waals surface area contributed by atoms with Crippen LogP contribution in [0.3, 0.4) is 0 Å². The summed E-state index contributed by atoms with van der Waals surface area (Å²) in [6, 6.07) is 3.91. The smallest absolute Gasteiger partial charge is 0.243 e. The van der Waals surface area contributed by atoms with Gasteiger partial charge < -0.3 is 10.6 Å². The highest BCUT2D eigenvalue weighted by Crippen LogP contribution is 2.07. The van der Waals surface area contributed by atoms with E-state index in [-0.39, 0.29) is 11.4 Å². The fraction of sp³-hybridized carbons (Fsp3) is 0.500. The Labute approximate surface area is 118 Å². The van der Waals surface area contributed by atoms with E-state index in [1.807, 2.05) is 46.0 Å². The van der Waals surface area contributed by atoms with E-state index in [1.165, 1.54) is 0 Å². The van der Waals surface area contributed by atoms with Crippen molar-refractivity contribution < 1.29 is 4.79 Å². The molecule has 6 heteroatoms. The number of hydrogen-bond donors (Lipinski definition) is 2. The topological polar surface area (TPSA) is 71.3 Å². The maximum atomic E-state index is 11.7. The molecule has 0 bridgehead atoms. The van der Waals surface area contributed by atoms with Crippen molar-refractivity contribution in [2.24, 2.45) is 0 Å². The van der Waals surface area contributed by atoms with E-state index in [1.54, 1.807) is 4.52 Å². The van der Waals surface area contributed by atoms with Crippen LogP contribution in [0.1, 0.15) is 32.8 Å². The minimum atomic E-state index is -0.198. The van der Waals surface area contributed by atoms with E-state index in [0.29, 0.717) is 18.9 Å². The Morgan fingerprint density at radius 3 is 2.80 bits per heavy atom. The van der Waals surface area contributed by atoms with Crippen LogP contribution in [0.15, 0.2) is 18.3 Å². The number of pyridine rings is 1. The molecule has 2 heterocycles. The Kier molecular flexibility index (Phi) is 3.92. The summed E-state index contributed by atoms with van der Waals surface area (Å²) >= 11 is 0. The minimum absolute atomic E-state index is 0.0182. The molecule has 0 spiro atoms. The van der Waals surface area contributed by atoms with Gasteiger partial charge in [-0.1, -0.05) is 6.07 Å². The fourth-order valence-corrected chi connectivity index (χ4v) is 1.83.